The van der Waals surface area contributed by atoms with Crippen LogP contribution in [0.3, 0.4) is 0 Å². The molecule has 88 valence electrons. The average Bonchev–Trinajstić information content (AvgIpc) is 2.83. The van der Waals surface area contributed by atoms with Crippen molar-refractivity contribution in [2.75, 3.05) is 19.8 Å². The number of ether oxygens (including phenoxy) is 2. The van der Waals surface area contributed by atoms with Crippen LogP contribution in [-0.2, 0) is 16.1 Å². The summed E-state index contributed by atoms with van der Waals surface area (Å²) in [5.74, 6) is 0.778. The molecule has 0 spiro atoms. The van der Waals surface area contributed by atoms with Crippen LogP contribution < -0.4 is 0 Å². The first kappa shape index (κ1) is 11.6. The molecule has 2 heteroatoms. The van der Waals surface area contributed by atoms with Gasteiger partial charge >= 0.3 is 0 Å². The summed E-state index contributed by atoms with van der Waals surface area (Å²) in [6, 6.07) is 10.3. The summed E-state index contributed by atoms with van der Waals surface area (Å²) in [7, 11) is 0. The van der Waals surface area contributed by atoms with Gasteiger partial charge in [0.25, 0.3) is 0 Å². The van der Waals surface area contributed by atoms with Gasteiger partial charge in [-0.1, -0.05) is 30.3 Å². The highest BCUT2D eigenvalue weighted by atomic mass is 16.5. The van der Waals surface area contributed by atoms with Crippen molar-refractivity contribution >= 4 is 0 Å². The average molecular weight is 220 g/mol. The Bertz CT molecular complexity index is 278. The summed E-state index contributed by atoms with van der Waals surface area (Å²) in [5, 5.41) is 0. The minimum Gasteiger partial charge on any atom is -0.381 e. The van der Waals surface area contributed by atoms with E-state index in [0.717, 1.165) is 38.8 Å². The van der Waals surface area contributed by atoms with Crippen LogP contribution in [-0.4, -0.2) is 19.8 Å². The monoisotopic (exact) mass is 220 g/mol. The second-order valence-electron chi connectivity index (χ2n) is 4.41. The van der Waals surface area contributed by atoms with Crippen LogP contribution >= 0.6 is 0 Å². The molecule has 1 aliphatic rings. The van der Waals surface area contributed by atoms with Gasteiger partial charge in [0.15, 0.2) is 0 Å². The van der Waals surface area contributed by atoms with Crippen molar-refractivity contribution < 1.29 is 9.47 Å². The van der Waals surface area contributed by atoms with Crippen LogP contribution in [0, 0.1) is 5.92 Å². The normalized spacial score (nSPS) is 20.1. The molecular weight excluding hydrogens is 200 g/mol. The van der Waals surface area contributed by atoms with Gasteiger partial charge in [0.1, 0.15) is 0 Å². The molecule has 0 bridgehead atoms. The molecule has 0 amide bonds. The van der Waals surface area contributed by atoms with E-state index in [1.54, 1.807) is 0 Å². The van der Waals surface area contributed by atoms with Crippen LogP contribution in [0.5, 0.6) is 0 Å². The molecular formula is C14H20O2. The second-order valence-corrected chi connectivity index (χ2v) is 4.41. The van der Waals surface area contributed by atoms with Crippen molar-refractivity contribution in [3.05, 3.63) is 35.9 Å². The highest BCUT2D eigenvalue weighted by Gasteiger charge is 2.14. The Morgan fingerprint density at radius 2 is 2.12 bits per heavy atom. The summed E-state index contributed by atoms with van der Waals surface area (Å²) in [4.78, 5) is 0. The summed E-state index contributed by atoms with van der Waals surface area (Å²) in [6.07, 6.45) is 3.63. The van der Waals surface area contributed by atoms with Gasteiger partial charge in [-0.2, -0.15) is 0 Å². The minimum absolute atomic E-state index is 0.738. The van der Waals surface area contributed by atoms with Crippen LogP contribution in [0.1, 0.15) is 24.8 Å². The first-order valence-electron chi connectivity index (χ1n) is 6.14. The molecule has 1 aromatic rings. The van der Waals surface area contributed by atoms with E-state index in [4.69, 9.17) is 9.47 Å². The number of hydrogen-bond donors (Lipinski definition) is 0. The second kappa shape index (κ2) is 6.66. The van der Waals surface area contributed by atoms with Gasteiger partial charge in [-0.05, 0) is 30.7 Å². The summed E-state index contributed by atoms with van der Waals surface area (Å²) in [5.41, 5.74) is 1.26. The van der Waals surface area contributed by atoms with Crippen LogP contribution in [0.25, 0.3) is 0 Å². The standard InChI is InChI=1S/C14H20O2/c1-2-5-13(6-3-1)11-15-9-4-7-14-8-10-16-12-14/h1-3,5-6,14H,4,7-12H2/t14-/m1/s1. The predicted octanol–water partition coefficient (Wildman–Crippen LogP) is 3.02. The molecule has 1 aliphatic heterocycles. The minimum atomic E-state index is 0.738. The van der Waals surface area contributed by atoms with E-state index < -0.39 is 0 Å². The first-order chi connectivity index (χ1) is 7.95. The van der Waals surface area contributed by atoms with E-state index in [1.165, 1.54) is 18.4 Å². The molecule has 0 saturated carbocycles. The van der Waals surface area contributed by atoms with Crippen molar-refractivity contribution in [3.63, 3.8) is 0 Å². The lowest BCUT2D eigenvalue weighted by atomic mass is 10.0. The van der Waals surface area contributed by atoms with Gasteiger partial charge in [0, 0.05) is 19.8 Å². The Hall–Kier alpha value is -0.860. The molecule has 16 heavy (non-hydrogen) atoms. The Balaban J connectivity index is 1.52. The molecule has 0 unspecified atom stereocenters. The fraction of sp³-hybridized carbons (Fsp3) is 0.571. The zero-order valence-electron chi connectivity index (χ0n) is 9.73. The Morgan fingerprint density at radius 3 is 2.88 bits per heavy atom. The van der Waals surface area contributed by atoms with E-state index in [-0.39, 0.29) is 0 Å². The van der Waals surface area contributed by atoms with Gasteiger partial charge in [-0.15, -0.1) is 0 Å². The van der Waals surface area contributed by atoms with Gasteiger partial charge in [-0.25, -0.2) is 0 Å². The largest absolute Gasteiger partial charge is 0.381 e. The summed E-state index contributed by atoms with van der Waals surface area (Å²) in [6.45, 7) is 3.52. The van der Waals surface area contributed by atoms with Crippen molar-refractivity contribution in [2.45, 2.75) is 25.9 Å². The van der Waals surface area contributed by atoms with E-state index in [0.29, 0.717) is 0 Å². The number of hydrogen-bond acceptors (Lipinski definition) is 2. The molecule has 0 N–H and O–H groups in total. The van der Waals surface area contributed by atoms with Gasteiger partial charge < -0.3 is 9.47 Å². The van der Waals surface area contributed by atoms with Crippen molar-refractivity contribution in [2.24, 2.45) is 5.92 Å². The molecule has 1 saturated heterocycles. The Kier molecular flexibility index (Phi) is 4.84. The SMILES string of the molecule is c1ccc(COCCC[C@@H]2CCOC2)cc1. The molecule has 1 heterocycles. The Labute approximate surface area is 97.6 Å². The zero-order valence-corrected chi connectivity index (χ0v) is 9.73. The predicted molar refractivity (Wildman–Crippen MR) is 64.3 cm³/mol. The zero-order chi connectivity index (χ0) is 11.1. The lowest BCUT2D eigenvalue weighted by Crippen LogP contribution is -2.02. The van der Waals surface area contributed by atoms with Gasteiger partial charge in [0.05, 0.1) is 6.61 Å². The third-order valence-corrected chi connectivity index (χ3v) is 3.04. The van der Waals surface area contributed by atoms with Crippen molar-refractivity contribution in [1.29, 1.82) is 0 Å². The van der Waals surface area contributed by atoms with Crippen molar-refractivity contribution in [1.82, 2.24) is 0 Å². The fourth-order valence-corrected chi connectivity index (χ4v) is 2.05. The highest BCUT2D eigenvalue weighted by molar-refractivity contribution is 5.13. The molecule has 2 rings (SSSR count). The number of benzene rings is 1. The third kappa shape index (κ3) is 3.95. The van der Waals surface area contributed by atoms with Crippen molar-refractivity contribution in [3.8, 4) is 0 Å². The van der Waals surface area contributed by atoms with E-state index >= 15 is 0 Å². The molecule has 1 atom stereocenters. The van der Waals surface area contributed by atoms with Crippen LogP contribution in [0.4, 0.5) is 0 Å². The quantitative estimate of drug-likeness (QED) is 0.686. The fourth-order valence-electron chi connectivity index (χ4n) is 2.05. The first-order valence-corrected chi connectivity index (χ1v) is 6.14. The summed E-state index contributed by atoms with van der Waals surface area (Å²) >= 11 is 0. The highest BCUT2D eigenvalue weighted by Crippen LogP contribution is 2.17. The van der Waals surface area contributed by atoms with Gasteiger partial charge in [-0.3, -0.25) is 0 Å². The maximum Gasteiger partial charge on any atom is 0.0716 e. The van der Waals surface area contributed by atoms with E-state index in [1.807, 2.05) is 6.07 Å². The lowest BCUT2D eigenvalue weighted by molar-refractivity contribution is 0.112. The number of rotatable bonds is 6. The molecule has 1 aromatic carbocycles. The van der Waals surface area contributed by atoms with E-state index in [9.17, 15) is 0 Å². The lowest BCUT2D eigenvalue weighted by Gasteiger charge is -2.07. The maximum absolute atomic E-state index is 5.64. The molecule has 0 radical (unpaired) electrons. The van der Waals surface area contributed by atoms with Crippen LogP contribution in [0.15, 0.2) is 30.3 Å². The Morgan fingerprint density at radius 1 is 1.25 bits per heavy atom. The molecule has 0 aliphatic carbocycles. The molecule has 1 fully saturated rings. The summed E-state index contributed by atoms with van der Waals surface area (Å²) < 4.78 is 11.0. The molecule has 2 nitrogen and oxygen atoms in total. The van der Waals surface area contributed by atoms with E-state index in [2.05, 4.69) is 24.3 Å². The topological polar surface area (TPSA) is 18.5 Å². The third-order valence-electron chi connectivity index (χ3n) is 3.04. The van der Waals surface area contributed by atoms with Crippen LogP contribution in [0.2, 0.25) is 0 Å². The smallest absolute Gasteiger partial charge is 0.0716 e. The van der Waals surface area contributed by atoms with Gasteiger partial charge in [0.2, 0.25) is 0 Å². The maximum atomic E-state index is 5.64. The molecule has 0 aromatic heterocycles.